The zero-order valence-corrected chi connectivity index (χ0v) is 14.4. The van der Waals surface area contributed by atoms with Crippen molar-refractivity contribution in [1.82, 2.24) is 10.7 Å². The highest BCUT2D eigenvalue weighted by molar-refractivity contribution is 9.10. The maximum atomic E-state index is 5.52. The lowest BCUT2D eigenvalue weighted by Crippen LogP contribution is -2.31. The summed E-state index contributed by atoms with van der Waals surface area (Å²) in [6.45, 7) is 6.73. The molecule has 0 atom stereocenters. The van der Waals surface area contributed by atoms with Crippen LogP contribution >= 0.6 is 28.1 Å². The third-order valence-corrected chi connectivity index (χ3v) is 3.27. The van der Waals surface area contributed by atoms with Crippen LogP contribution in [0.15, 0.2) is 34.4 Å². The van der Waals surface area contributed by atoms with Gasteiger partial charge in [-0.05, 0) is 47.2 Å². The van der Waals surface area contributed by atoms with Crippen molar-refractivity contribution in [2.24, 2.45) is 5.10 Å². The molecule has 0 saturated heterocycles. The van der Waals surface area contributed by atoms with Gasteiger partial charge in [-0.1, -0.05) is 12.7 Å². The zero-order valence-electron chi connectivity index (χ0n) is 12.0. The van der Waals surface area contributed by atoms with E-state index in [1.807, 2.05) is 19.1 Å². The number of benzene rings is 1. The SMILES string of the molecule is C=CCOc1cc(Br)c(/C=N\NC(=S)NCC)cc1OC. The number of methoxy groups -OCH3 is 1. The Labute approximate surface area is 138 Å². The van der Waals surface area contributed by atoms with Crippen LogP contribution in [-0.4, -0.2) is 31.6 Å². The number of nitrogens with one attached hydrogen (secondary N) is 2. The highest BCUT2D eigenvalue weighted by Crippen LogP contribution is 2.32. The summed E-state index contributed by atoms with van der Waals surface area (Å²) in [5.74, 6) is 1.26. The van der Waals surface area contributed by atoms with Gasteiger partial charge in [0.05, 0.1) is 13.3 Å². The van der Waals surface area contributed by atoms with Crippen molar-refractivity contribution >= 4 is 39.5 Å². The Bertz CT molecular complexity index is 535. The summed E-state index contributed by atoms with van der Waals surface area (Å²) in [5.41, 5.74) is 3.57. The largest absolute Gasteiger partial charge is 0.493 e. The van der Waals surface area contributed by atoms with Crippen molar-refractivity contribution in [2.45, 2.75) is 6.92 Å². The molecule has 0 radical (unpaired) electrons. The Kier molecular flexibility index (Phi) is 7.78. The smallest absolute Gasteiger partial charge is 0.186 e. The second-order valence-corrected chi connectivity index (χ2v) is 5.12. The van der Waals surface area contributed by atoms with E-state index in [0.717, 1.165) is 16.6 Å². The molecule has 0 amide bonds. The fraction of sp³-hybridized carbons (Fsp3) is 0.286. The summed E-state index contributed by atoms with van der Waals surface area (Å²) >= 11 is 8.49. The van der Waals surface area contributed by atoms with E-state index in [1.54, 1.807) is 19.4 Å². The Morgan fingerprint density at radius 1 is 1.48 bits per heavy atom. The summed E-state index contributed by atoms with van der Waals surface area (Å²) in [7, 11) is 1.59. The van der Waals surface area contributed by atoms with E-state index >= 15 is 0 Å². The van der Waals surface area contributed by atoms with Crippen molar-refractivity contribution < 1.29 is 9.47 Å². The molecule has 0 unspecified atom stereocenters. The number of halogens is 1. The first-order valence-electron chi connectivity index (χ1n) is 6.30. The van der Waals surface area contributed by atoms with Crippen LogP contribution in [-0.2, 0) is 0 Å². The quantitative estimate of drug-likeness (QED) is 0.334. The molecule has 5 nitrogen and oxygen atoms in total. The van der Waals surface area contributed by atoms with Gasteiger partial charge < -0.3 is 14.8 Å². The standard InChI is InChI=1S/C14H18BrN3O2S/c1-4-6-20-13-8-11(15)10(7-12(13)19-3)9-17-18-14(21)16-5-2/h4,7-9H,1,5-6H2,2-3H3,(H2,16,18,21)/b17-9-. The minimum Gasteiger partial charge on any atom is -0.493 e. The number of thiocarbonyl (C=S) groups is 1. The minimum absolute atomic E-state index is 0.411. The fourth-order valence-corrected chi connectivity index (χ4v) is 2.05. The predicted molar refractivity (Wildman–Crippen MR) is 93.4 cm³/mol. The van der Waals surface area contributed by atoms with Gasteiger partial charge in [-0.3, -0.25) is 5.43 Å². The molecule has 1 rings (SSSR count). The van der Waals surface area contributed by atoms with Crippen LogP contribution in [0.3, 0.4) is 0 Å². The number of hydrogen-bond donors (Lipinski definition) is 2. The van der Waals surface area contributed by atoms with Crippen molar-refractivity contribution in [2.75, 3.05) is 20.3 Å². The second kappa shape index (κ2) is 9.36. The van der Waals surface area contributed by atoms with Gasteiger partial charge in [0.25, 0.3) is 0 Å². The monoisotopic (exact) mass is 371 g/mol. The number of hydrogen-bond acceptors (Lipinski definition) is 4. The lowest BCUT2D eigenvalue weighted by Gasteiger charge is -2.11. The van der Waals surface area contributed by atoms with E-state index < -0.39 is 0 Å². The Morgan fingerprint density at radius 3 is 2.86 bits per heavy atom. The molecule has 0 aliphatic rings. The van der Waals surface area contributed by atoms with Crippen LogP contribution in [0.25, 0.3) is 0 Å². The molecule has 1 aromatic rings. The van der Waals surface area contributed by atoms with Crippen molar-refractivity contribution in [3.8, 4) is 11.5 Å². The van der Waals surface area contributed by atoms with Crippen molar-refractivity contribution in [3.63, 3.8) is 0 Å². The van der Waals surface area contributed by atoms with Crippen molar-refractivity contribution in [1.29, 1.82) is 0 Å². The van der Waals surface area contributed by atoms with Crippen LogP contribution in [0, 0.1) is 0 Å². The van der Waals surface area contributed by atoms with Gasteiger partial charge in [-0.15, -0.1) is 0 Å². The first-order chi connectivity index (χ1) is 10.1. The van der Waals surface area contributed by atoms with E-state index in [1.165, 1.54) is 0 Å². The molecule has 0 heterocycles. The molecule has 1 aromatic carbocycles. The lowest BCUT2D eigenvalue weighted by atomic mass is 10.2. The van der Waals surface area contributed by atoms with Crippen LogP contribution in [0.2, 0.25) is 0 Å². The summed E-state index contributed by atoms with van der Waals surface area (Å²) in [6, 6.07) is 3.65. The molecule has 0 aliphatic heterocycles. The average molecular weight is 372 g/mol. The van der Waals surface area contributed by atoms with Gasteiger partial charge in [-0.2, -0.15) is 5.10 Å². The molecule has 2 N–H and O–H groups in total. The minimum atomic E-state index is 0.411. The van der Waals surface area contributed by atoms with Crippen LogP contribution in [0.4, 0.5) is 0 Å². The van der Waals surface area contributed by atoms with E-state index in [0.29, 0.717) is 23.2 Å². The average Bonchev–Trinajstić information content (AvgIpc) is 2.47. The maximum absolute atomic E-state index is 5.52. The number of hydrazone groups is 1. The molecule has 7 heteroatoms. The Morgan fingerprint density at radius 2 is 2.24 bits per heavy atom. The van der Waals surface area contributed by atoms with Crippen LogP contribution < -0.4 is 20.2 Å². The van der Waals surface area contributed by atoms with E-state index in [2.05, 4.69) is 38.4 Å². The molecule has 0 fully saturated rings. The molecule has 0 aromatic heterocycles. The lowest BCUT2D eigenvalue weighted by molar-refractivity contribution is 0.326. The van der Waals surface area contributed by atoms with E-state index in [9.17, 15) is 0 Å². The van der Waals surface area contributed by atoms with Gasteiger partial charge in [0.2, 0.25) is 0 Å². The Balaban J connectivity index is 2.85. The van der Waals surface area contributed by atoms with Gasteiger partial charge in [-0.25, -0.2) is 0 Å². The highest BCUT2D eigenvalue weighted by atomic mass is 79.9. The topological polar surface area (TPSA) is 54.9 Å². The maximum Gasteiger partial charge on any atom is 0.186 e. The zero-order chi connectivity index (χ0) is 15.7. The molecule has 0 bridgehead atoms. The Hall–Kier alpha value is -1.60. The molecule has 0 spiro atoms. The predicted octanol–water partition coefficient (Wildman–Crippen LogP) is 2.84. The summed E-state index contributed by atoms with van der Waals surface area (Å²) in [6.07, 6.45) is 3.32. The fourth-order valence-electron chi connectivity index (χ4n) is 1.43. The third kappa shape index (κ3) is 5.73. The summed E-state index contributed by atoms with van der Waals surface area (Å²) in [5, 5.41) is 7.48. The van der Waals surface area contributed by atoms with Crippen LogP contribution in [0.1, 0.15) is 12.5 Å². The molecule has 21 heavy (non-hydrogen) atoms. The number of ether oxygens (including phenoxy) is 2. The molecule has 0 saturated carbocycles. The second-order valence-electron chi connectivity index (χ2n) is 3.85. The van der Waals surface area contributed by atoms with Gasteiger partial charge in [0.1, 0.15) is 6.61 Å². The van der Waals surface area contributed by atoms with Crippen LogP contribution in [0.5, 0.6) is 11.5 Å². The molecule has 114 valence electrons. The van der Waals surface area contributed by atoms with E-state index in [-0.39, 0.29) is 0 Å². The highest BCUT2D eigenvalue weighted by Gasteiger charge is 2.09. The summed E-state index contributed by atoms with van der Waals surface area (Å²) < 4.78 is 11.7. The first-order valence-corrected chi connectivity index (χ1v) is 7.50. The van der Waals surface area contributed by atoms with Crippen molar-refractivity contribution in [3.05, 3.63) is 34.8 Å². The first kappa shape index (κ1) is 17.5. The number of rotatable bonds is 7. The molecular weight excluding hydrogens is 354 g/mol. The third-order valence-electron chi connectivity index (χ3n) is 2.35. The summed E-state index contributed by atoms with van der Waals surface area (Å²) in [4.78, 5) is 0. The van der Waals surface area contributed by atoms with Gasteiger partial charge in [0, 0.05) is 16.6 Å². The van der Waals surface area contributed by atoms with E-state index in [4.69, 9.17) is 21.7 Å². The number of nitrogens with zero attached hydrogens (tertiary/aromatic N) is 1. The molecular formula is C14H18BrN3O2S. The molecule has 0 aliphatic carbocycles. The van der Waals surface area contributed by atoms with Gasteiger partial charge >= 0.3 is 0 Å². The van der Waals surface area contributed by atoms with Gasteiger partial charge in [0.15, 0.2) is 16.6 Å². The normalized spacial score (nSPS) is 10.2.